The van der Waals surface area contributed by atoms with Gasteiger partial charge in [-0.15, -0.1) is 0 Å². The van der Waals surface area contributed by atoms with E-state index < -0.39 is 0 Å². The average Bonchev–Trinajstić information content (AvgIpc) is 2.48. The molecule has 0 amide bonds. The molecule has 1 heterocycles. The van der Waals surface area contributed by atoms with E-state index in [-0.39, 0.29) is 17.3 Å². The van der Waals surface area contributed by atoms with Crippen molar-refractivity contribution in [1.29, 1.82) is 0 Å². The molecule has 0 aliphatic carbocycles. The molecule has 0 saturated heterocycles. The third-order valence-electron chi connectivity index (χ3n) is 3.27. The summed E-state index contributed by atoms with van der Waals surface area (Å²) in [6, 6.07) is 10.9. The van der Waals surface area contributed by atoms with Crippen LogP contribution in [0.4, 0.5) is 4.39 Å². The van der Waals surface area contributed by atoms with E-state index in [9.17, 15) is 9.18 Å². The molecule has 0 atom stereocenters. The van der Waals surface area contributed by atoms with Crippen LogP contribution in [0.5, 0.6) is 5.75 Å². The van der Waals surface area contributed by atoms with Crippen LogP contribution in [0.2, 0.25) is 0 Å². The number of halogens is 1. The Morgan fingerprint density at radius 3 is 2.50 bits per heavy atom. The molecule has 1 aromatic heterocycles. The van der Waals surface area contributed by atoms with E-state index in [1.54, 1.807) is 30.3 Å². The molecule has 4 heteroatoms. The van der Waals surface area contributed by atoms with E-state index in [1.807, 2.05) is 13.8 Å². The topological polar surface area (TPSA) is 39.4 Å². The monoisotopic (exact) mass is 298 g/mol. The summed E-state index contributed by atoms with van der Waals surface area (Å²) in [6.07, 6.45) is 1.44. The lowest BCUT2D eigenvalue weighted by molar-refractivity contribution is 0.242. The first-order valence-corrected chi connectivity index (χ1v) is 7.03. The molecule has 0 bridgehead atoms. The molecule has 0 aliphatic heterocycles. The standard InChI is InChI=1S/C18H15FO3/c1-11(2)22-14-7-8-15-17(9-14)21-10-16(18(15)20)12-3-5-13(19)6-4-12/h3-11H,1-2H3. The molecule has 0 fully saturated rings. The van der Waals surface area contributed by atoms with Crippen LogP contribution in [-0.4, -0.2) is 6.10 Å². The molecule has 112 valence electrons. The summed E-state index contributed by atoms with van der Waals surface area (Å²) in [7, 11) is 0. The predicted octanol–water partition coefficient (Wildman–Crippen LogP) is 4.39. The molecule has 0 N–H and O–H groups in total. The summed E-state index contributed by atoms with van der Waals surface area (Å²) in [4.78, 5) is 12.6. The minimum atomic E-state index is -0.343. The van der Waals surface area contributed by atoms with Crippen LogP contribution in [0.1, 0.15) is 13.8 Å². The Hall–Kier alpha value is -2.62. The van der Waals surface area contributed by atoms with Crippen LogP contribution in [0.15, 0.2) is 57.9 Å². The second-order valence-electron chi connectivity index (χ2n) is 5.31. The van der Waals surface area contributed by atoms with Crippen molar-refractivity contribution < 1.29 is 13.5 Å². The van der Waals surface area contributed by atoms with E-state index in [0.717, 1.165) is 0 Å². The van der Waals surface area contributed by atoms with E-state index >= 15 is 0 Å². The van der Waals surface area contributed by atoms with Crippen molar-refractivity contribution in [2.24, 2.45) is 0 Å². The van der Waals surface area contributed by atoms with Crippen molar-refractivity contribution in [1.82, 2.24) is 0 Å². The highest BCUT2D eigenvalue weighted by Crippen LogP contribution is 2.23. The van der Waals surface area contributed by atoms with Gasteiger partial charge in [0, 0.05) is 6.07 Å². The molecule has 0 aliphatic rings. The SMILES string of the molecule is CC(C)Oc1ccc2c(=O)c(-c3ccc(F)cc3)coc2c1. The fourth-order valence-electron chi connectivity index (χ4n) is 2.28. The zero-order chi connectivity index (χ0) is 15.7. The van der Waals surface area contributed by atoms with Crippen LogP contribution in [0.3, 0.4) is 0 Å². The normalized spacial score (nSPS) is 11.1. The van der Waals surface area contributed by atoms with Crippen molar-refractivity contribution in [3.05, 3.63) is 64.8 Å². The van der Waals surface area contributed by atoms with Crippen molar-refractivity contribution >= 4 is 11.0 Å². The van der Waals surface area contributed by atoms with Gasteiger partial charge in [-0.25, -0.2) is 4.39 Å². The first kappa shape index (κ1) is 14.3. The maximum atomic E-state index is 13.0. The second kappa shape index (κ2) is 5.64. The van der Waals surface area contributed by atoms with Gasteiger partial charge in [-0.1, -0.05) is 12.1 Å². The largest absolute Gasteiger partial charge is 0.491 e. The Kier molecular flexibility index (Phi) is 3.67. The van der Waals surface area contributed by atoms with Crippen LogP contribution >= 0.6 is 0 Å². The maximum absolute atomic E-state index is 13.0. The highest BCUT2D eigenvalue weighted by Gasteiger charge is 2.10. The van der Waals surface area contributed by atoms with Crippen molar-refractivity contribution in [3.63, 3.8) is 0 Å². The van der Waals surface area contributed by atoms with Gasteiger partial charge in [-0.2, -0.15) is 0 Å². The molecule has 22 heavy (non-hydrogen) atoms. The average molecular weight is 298 g/mol. The number of benzene rings is 2. The van der Waals surface area contributed by atoms with E-state index in [2.05, 4.69) is 0 Å². The lowest BCUT2D eigenvalue weighted by atomic mass is 10.1. The Balaban J connectivity index is 2.10. The quantitative estimate of drug-likeness (QED) is 0.720. The highest BCUT2D eigenvalue weighted by atomic mass is 19.1. The van der Waals surface area contributed by atoms with Gasteiger partial charge >= 0.3 is 0 Å². The van der Waals surface area contributed by atoms with Gasteiger partial charge in [0.25, 0.3) is 0 Å². The molecule has 3 nitrogen and oxygen atoms in total. The summed E-state index contributed by atoms with van der Waals surface area (Å²) in [5.74, 6) is 0.310. The highest BCUT2D eigenvalue weighted by molar-refractivity contribution is 5.82. The predicted molar refractivity (Wildman–Crippen MR) is 83.6 cm³/mol. The minimum absolute atomic E-state index is 0.0441. The van der Waals surface area contributed by atoms with Gasteiger partial charge in [0.15, 0.2) is 5.43 Å². The van der Waals surface area contributed by atoms with Gasteiger partial charge in [-0.3, -0.25) is 4.79 Å². The number of hydrogen-bond donors (Lipinski definition) is 0. The fraction of sp³-hybridized carbons (Fsp3) is 0.167. The van der Waals surface area contributed by atoms with E-state index in [4.69, 9.17) is 9.15 Å². The zero-order valence-electron chi connectivity index (χ0n) is 12.3. The first-order chi connectivity index (χ1) is 10.5. The molecule has 0 spiro atoms. The summed E-state index contributed by atoms with van der Waals surface area (Å²) < 4.78 is 24.1. The van der Waals surface area contributed by atoms with E-state index in [1.165, 1.54) is 18.4 Å². The van der Waals surface area contributed by atoms with Crippen LogP contribution in [0, 0.1) is 5.82 Å². The van der Waals surface area contributed by atoms with Gasteiger partial charge < -0.3 is 9.15 Å². The fourth-order valence-corrected chi connectivity index (χ4v) is 2.28. The maximum Gasteiger partial charge on any atom is 0.200 e. The van der Waals surface area contributed by atoms with Crippen molar-refractivity contribution in [2.45, 2.75) is 20.0 Å². The molecule has 0 unspecified atom stereocenters. The lowest BCUT2D eigenvalue weighted by Crippen LogP contribution is -2.07. The summed E-state index contributed by atoms with van der Waals surface area (Å²) in [5, 5.41) is 0.470. The van der Waals surface area contributed by atoms with E-state index in [0.29, 0.717) is 27.8 Å². The third-order valence-corrected chi connectivity index (χ3v) is 3.27. The summed E-state index contributed by atoms with van der Waals surface area (Å²) >= 11 is 0. The Morgan fingerprint density at radius 1 is 1.09 bits per heavy atom. The van der Waals surface area contributed by atoms with Gasteiger partial charge in [0.1, 0.15) is 23.4 Å². The molecule has 3 rings (SSSR count). The zero-order valence-corrected chi connectivity index (χ0v) is 12.3. The molecule has 0 saturated carbocycles. The Labute approximate surface area is 127 Å². The van der Waals surface area contributed by atoms with Crippen molar-refractivity contribution in [3.8, 4) is 16.9 Å². The summed E-state index contributed by atoms with van der Waals surface area (Å²) in [6.45, 7) is 3.86. The minimum Gasteiger partial charge on any atom is -0.491 e. The molecular formula is C18H15FO3. The summed E-state index contributed by atoms with van der Waals surface area (Å²) in [5.41, 5.74) is 1.35. The molecule has 3 aromatic rings. The van der Waals surface area contributed by atoms with Crippen LogP contribution in [0.25, 0.3) is 22.1 Å². The van der Waals surface area contributed by atoms with Crippen molar-refractivity contribution in [2.75, 3.05) is 0 Å². The number of fused-ring (bicyclic) bond motifs is 1. The smallest absolute Gasteiger partial charge is 0.200 e. The van der Waals surface area contributed by atoms with Gasteiger partial charge in [0.05, 0.1) is 17.1 Å². The molecular weight excluding hydrogens is 283 g/mol. The first-order valence-electron chi connectivity index (χ1n) is 7.03. The number of ether oxygens (including phenoxy) is 1. The van der Waals surface area contributed by atoms with Crippen LogP contribution in [-0.2, 0) is 0 Å². The Morgan fingerprint density at radius 2 is 1.82 bits per heavy atom. The third kappa shape index (κ3) is 2.72. The molecule has 2 aromatic carbocycles. The second-order valence-corrected chi connectivity index (χ2v) is 5.31. The number of hydrogen-bond acceptors (Lipinski definition) is 3. The van der Waals surface area contributed by atoms with Crippen LogP contribution < -0.4 is 10.2 Å². The Bertz CT molecular complexity index is 864. The van der Waals surface area contributed by atoms with Gasteiger partial charge in [-0.05, 0) is 43.7 Å². The molecule has 0 radical (unpaired) electrons. The lowest BCUT2D eigenvalue weighted by Gasteiger charge is -2.10. The van der Waals surface area contributed by atoms with Gasteiger partial charge in [0.2, 0.25) is 0 Å². The number of rotatable bonds is 3.